The molecular weight excluding hydrogens is 338 g/mol. The number of hydrogen-bond donors (Lipinski definition) is 3. The highest BCUT2D eigenvalue weighted by molar-refractivity contribution is 5.90. The molecule has 24 heavy (non-hydrogen) atoms. The second kappa shape index (κ2) is 9.94. The van der Waals surface area contributed by atoms with Crippen molar-refractivity contribution in [1.29, 1.82) is 0 Å². The van der Waals surface area contributed by atoms with Gasteiger partial charge in [0.15, 0.2) is 0 Å². The molecule has 1 heterocycles. The number of methoxy groups -OCH3 is 1. The summed E-state index contributed by atoms with van der Waals surface area (Å²) in [6.07, 6.45) is 0. The van der Waals surface area contributed by atoms with Gasteiger partial charge in [-0.3, -0.25) is 9.59 Å². The number of furan rings is 1. The van der Waals surface area contributed by atoms with Gasteiger partial charge in [0.25, 0.3) is 0 Å². The van der Waals surface area contributed by atoms with Gasteiger partial charge in [-0.05, 0) is 18.9 Å². The van der Waals surface area contributed by atoms with Gasteiger partial charge >= 0.3 is 5.97 Å². The van der Waals surface area contributed by atoms with Crippen molar-refractivity contribution in [1.82, 2.24) is 10.6 Å². The lowest BCUT2D eigenvalue weighted by Crippen LogP contribution is -2.47. The van der Waals surface area contributed by atoms with Crippen LogP contribution in [0.4, 0.5) is 0 Å². The number of aryl methyl sites for hydroxylation is 1. The third kappa shape index (κ3) is 6.21. The number of hydrogen-bond acceptors (Lipinski definition) is 6. The van der Waals surface area contributed by atoms with E-state index in [0.717, 1.165) is 0 Å². The summed E-state index contributed by atoms with van der Waals surface area (Å²) in [5, 5.41) is 5.04. The molecule has 136 valence electrons. The molecule has 0 saturated heterocycles. The largest absolute Gasteiger partial charge is 0.465 e. The highest BCUT2D eigenvalue weighted by Crippen LogP contribution is 2.15. The van der Waals surface area contributed by atoms with Gasteiger partial charge in [-0.2, -0.15) is 0 Å². The van der Waals surface area contributed by atoms with Gasteiger partial charge in [-0.15, -0.1) is 12.4 Å². The fourth-order valence-electron chi connectivity index (χ4n) is 1.78. The first kappa shape index (κ1) is 21.9. The average Bonchev–Trinajstić information content (AvgIpc) is 2.89. The van der Waals surface area contributed by atoms with Crippen LogP contribution in [-0.4, -0.2) is 37.5 Å². The van der Waals surface area contributed by atoms with Gasteiger partial charge in [0, 0.05) is 0 Å². The standard InChI is InChI=1S/C15H23N3O5.ClH/c1-8(2)13(16)14(20)18-7-12(19)17-6-10-5-11(9(3)23-10)15(21)22-4;/h5,8,13H,6-7,16H2,1-4H3,(H,17,19)(H,18,20);1H/t13-;/m0./s1. The molecule has 0 aromatic carbocycles. The fourth-order valence-corrected chi connectivity index (χ4v) is 1.78. The Bertz CT molecular complexity index is 586. The summed E-state index contributed by atoms with van der Waals surface area (Å²) >= 11 is 0. The zero-order valence-corrected chi connectivity index (χ0v) is 15.0. The van der Waals surface area contributed by atoms with Crippen LogP contribution in [0.2, 0.25) is 0 Å². The minimum atomic E-state index is -0.655. The Hall–Kier alpha value is -2.06. The van der Waals surface area contributed by atoms with Crippen molar-refractivity contribution in [3.63, 3.8) is 0 Å². The van der Waals surface area contributed by atoms with E-state index in [0.29, 0.717) is 17.1 Å². The molecule has 0 aliphatic rings. The van der Waals surface area contributed by atoms with Crippen molar-refractivity contribution >= 4 is 30.2 Å². The van der Waals surface area contributed by atoms with Crippen LogP contribution in [-0.2, 0) is 20.9 Å². The maximum Gasteiger partial charge on any atom is 0.341 e. The van der Waals surface area contributed by atoms with E-state index in [2.05, 4.69) is 15.4 Å². The first-order valence-electron chi connectivity index (χ1n) is 7.23. The van der Waals surface area contributed by atoms with Crippen LogP contribution in [0.5, 0.6) is 0 Å². The lowest BCUT2D eigenvalue weighted by atomic mass is 10.1. The number of amides is 2. The van der Waals surface area contributed by atoms with E-state index in [1.807, 2.05) is 13.8 Å². The highest BCUT2D eigenvalue weighted by Gasteiger charge is 2.18. The van der Waals surface area contributed by atoms with E-state index in [1.54, 1.807) is 6.92 Å². The highest BCUT2D eigenvalue weighted by atomic mass is 35.5. The number of nitrogens with one attached hydrogen (secondary N) is 2. The molecule has 0 aliphatic carbocycles. The lowest BCUT2D eigenvalue weighted by Gasteiger charge is -2.14. The minimum Gasteiger partial charge on any atom is -0.465 e. The number of esters is 1. The number of carbonyl (C=O) groups is 3. The van der Waals surface area contributed by atoms with E-state index in [4.69, 9.17) is 10.2 Å². The second-order valence-corrected chi connectivity index (χ2v) is 5.44. The summed E-state index contributed by atoms with van der Waals surface area (Å²) in [4.78, 5) is 34.8. The third-order valence-corrected chi connectivity index (χ3v) is 3.28. The van der Waals surface area contributed by atoms with Gasteiger partial charge in [0.1, 0.15) is 17.1 Å². The molecule has 0 saturated carbocycles. The molecule has 0 bridgehead atoms. The smallest absolute Gasteiger partial charge is 0.341 e. The van der Waals surface area contributed by atoms with Gasteiger partial charge < -0.3 is 25.5 Å². The Morgan fingerprint density at radius 2 is 1.92 bits per heavy atom. The van der Waals surface area contributed by atoms with Crippen molar-refractivity contribution in [3.8, 4) is 0 Å². The van der Waals surface area contributed by atoms with Gasteiger partial charge in [-0.1, -0.05) is 13.8 Å². The molecule has 1 atom stereocenters. The molecule has 9 heteroatoms. The lowest BCUT2D eigenvalue weighted by molar-refractivity contribution is -0.127. The minimum absolute atomic E-state index is 0. The quantitative estimate of drug-likeness (QED) is 0.608. The van der Waals surface area contributed by atoms with Crippen LogP contribution in [0.3, 0.4) is 0 Å². The van der Waals surface area contributed by atoms with Crippen LogP contribution in [0, 0.1) is 12.8 Å². The Kier molecular flexibility index (Phi) is 9.09. The molecule has 8 nitrogen and oxygen atoms in total. The third-order valence-electron chi connectivity index (χ3n) is 3.28. The van der Waals surface area contributed by atoms with Crippen LogP contribution in [0.1, 0.15) is 35.7 Å². The zero-order valence-electron chi connectivity index (χ0n) is 14.2. The van der Waals surface area contributed by atoms with Crippen LogP contribution < -0.4 is 16.4 Å². The SMILES string of the molecule is COC(=O)c1cc(CNC(=O)CNC(=O)[C@@H](N)C(C)C)oc1C.Cl. The molecule has 0 fully saturated rings. The monoisotopic (exact) mass is 361 g/mol. The summed E-state index contributed by atoms with van der Waals surface area (Å²) in [5.74, 6) is -0.446. The molecule has 1 rings (SSSR count). The van der Waals surface area contributed by atoms with Crippen molar-refractivity contribution in [2.75, 3.05) is 13.7 Å². The van der Waals surface area contributed by atoms with Crippen molar-refractivity contribution < 1.29 is 23.5 Å². The molecule has 1 aromatic rings. The Balaban J connectivity index is 0.00000529. The molecule has 0 spiro atoms. The van der Waals surface area contributed by atoms with E-state index < -0.39 is 12.0 Å². The predicted molar refractivity (Wildman–Crippen MR) is 89.7 cm³/mol. The molecule has 2 amide bonds. The van der Waals surface area contributed by atoms with Gasteiger partial charge in [0.05, 0.1) is 26.2 Å². The van der Waals surface area contributed by atoms with E-state index in [1.165, 1.54) is 13.2 Å². The van der Waals surface area contributed by atoms with Gasteiger partial charge in [0.2, 0.25) is 11.8 Å². The number of nitrogens with two attached hydrogens (primary N) is 1. The Morgan fingerprint density at radius 1 is 1.29 bits per heavy atom. The Morgan fingerprint density at radius 3 is 2.46 bits per heavy atom. The Labute approximate surface area is 146 Å². The van der Waals surface area contributed by atoms with Crippen LogP contribution in [0.15, 0.2) is 10.5 Å². The molecule has 4 N–H and O–H groups in total. The van der Waals surface area contributed by atoms with Crippen LogP contribution >= 0.6 is 12.4 Å². The number of rotatable bonds is 7. The van der Waals surface area contributed by atoms with E-state index >= 15 is 0 Å². The number of halogens is 1. The molecule has 0 aliphatic heterocycles. The summed E-state index contributed by atoms with van der Waals surface area (Å²) in [6.45, 7) is 5.20. The first-order chi connectivity index (χ1) is 10.8. The van der Waals surface area contributed by atoms with Crippen molar-refractivity contribution in [3.05, 3.63) is 23.2 Å². The normalized spacial score (nSPS) is 11.4. The number of ether oxygens (including phenoxy) is 1. The van der Waals surface area contributed by atoms with E-state index in [-0.39, 0.29) is 43.2 Å². The maximum absolute atomic E-state index is 11.7. The predicted octanol–water partition coefficient (Wildman–Crippen LogP) is 0.512. The topological polar surface area (TPSA) is 124 Å². The molecular formula is C15H24ClN3O5. The van der Waals surface area contributed by atoms with Crippen molar-refractivity contribution in [2.45, 2.75) is 33.4 Å². The second-order valence-electron chi connectivity index (χ2n) is 5.44. The molecule has 0 unspecified atom stereocenters. The van der Waals surface area contributed by atoms with Crippen LogP contribution in [0.25, 0.3) is 0 Å². The average molecular weight is 362 g/mol. The van der Waals surface area contributed by atoms with Gasteiger partial charge in [-0.25, -0.2) is 4.79 Å². The molecule has 0 radical (unpaired) electrons. The summed E-state index contributed by atoms with van der Waals surface area (Å²) in [7, 11) is 1.28. The van der Waals surface area contributed by atoms with E-state index in [9.17, 15) is 14.4 Å². The molecule has 1 aromatic heterocycles. The summed E-state index contributed by atoms with van der Waals surface area (Å²) < 4.78 is 9.98. The zero-order chi connectivity index (χ0) is 17.6. The number of carbonyl (C=O) groups excluding carboxylic acids is 3. The first-order valence-corrected chi connectivity index (χ1v) is 7.23. The summed E-state index contributed by atoms with van der Waals surface area (Å²) in [5.41, 5.74) is 5.98. The fraction of sp³-hybridized carbons (Fsp3) is 0.533. The maximum atomic E-state index is 11.7. The summed E-state index contributed by atoms with van der Waals surface area (Å²) in [6, 6.07) is 0.854. The van der Waals surface area contributed by atoms with Crippen molar-refractivity contribution in [2.24, 2.45) is 11.7 Å².